The van der Waals surface area contributed by atoms with E-state index in [1.54, 1.807) is 0 Å². The van der Waals surface area contributed by atoms with E-state index in [2.05, 4.69) is 27.3 Å². The first-order valence-electron chi connectivity index (χ1n) is 7.73. The second-order valence-electron chi connectivity index (χ2n) is 5.40. The number of nitrogens with zero attached hydrogens (tertiary/aromatic N) is 5. The number of halogens is 1. The van der Waals surface area contributed by atoms with Gasteiger partial charge in [-0.2, -0.15) is 4.98 Å². The molecule has 0 saturated heterocycles. The average molecular weight is 364 g/mol. The highest BCUT2D eigenvalue weighted by Crippen LogP contribution is 2.35. The molecule has 0 amide bonds. The second-order valence-corrected chi connectivity index (χ2v) is 7.12. The number of aromatic nitrogens is 5. The Hall–Kier alpha value is -1.86. The Bertz CT molecular complexity index is 831. The van der Waals surface area contributed by atoms with Crippen LogP contribution in [0.4, 0.5) is 0 Å². The van der Waals surface area contributed by atoms with Gasteiger partial charge < -0.3 is 9.09 Å². The molecule has 0 saturated carbocycles. The summed E-state index contributed by atoms with van der Waals surface area (Å²) in [6, 6.07) is 7.59. The fourth-order valence-electron chi connectivity index (χ4n) is 2.26. The molecule has 1 atom stereocenters. The van der Waals surface area contributed by atoms with Gasteiger partial charge in [0.1, 0.15) is 0 Å². The largest absolute Gasteiger partial charge is 0.338 e. The molecule has 24 heavy (non-hydrogen) atoms. The minimum atomic E-state index is -0.00917. The maximum atomic E-state index is 6.25. The lowest BCUT2D eigenvalue weighted by Crippen LogP contribution is -1.97. The Kier molecular flexibility index (Phi) is 5.20. The molecule has 2 heterocycles. The van der Waals surface area contributed by atoms with E-state index < -0.39 is 0 Å². The van der Waals surface area contributed by atoms with Crippen LogP contribution in [0.15, 0.2) is 33.9 Å². The highest BCUT2D eigenvalue weighted by Gasteiger charge is 2.20. The predicted octanol–water partition coefficient (Wildman–Crippen LogP) is 4.32. The van der Waals surface area contributed by atoms with Crippen molar-refractivity contribution in [2.24, 2.45) is 7.05 Å². The van der Waals surface area contributed by atoms with Crippen LogP contribution in [-0.4, -0.2) is 24.9 Å². The van der Waals surface area contributed by atoms with Crippen LogP contribution in [-0.2, 0) is 13.5 Å². The monoisotopic (exact) mass is 363 g/mol. The number of rotatable bonds is 6. The molecule has 0 N–H and O–H groups in total. The number of benzene rings is 1. The molecule has 0 aliphatic rings. The zero-order valence-electron chi connectivity index (χ0n) is 13.7. The fraction of sp³-hybridized carbons (Fsp3) is 0.375. The van der Waals surface area contributed by atoms with Crippen molar-refractivity contribution in [1.82, 2.24) is 24.9 Å². The second kappa shape index (κ2) is 7.36. The first kappa shape index (κ1) is 17.0. The van der Waals surface area contributed by atoms with Crippen molar-refractivity contribution in [1.29, 1.82) is 0 Å². The Balaban J connectivity index is 1.79. The molecule has 0 fully saturated rings. The Morgan fingerprint density at radius 3 is 2.83 bits per heavy atom. The van der Waals surface area contributed by atoms with Crippen LogP contribution in [0.25, 0.3) is 11.4 Å². The molecule has 0 aliphatic carbocycles. The Morgan fingerprint density at radius 1 is 1.29 bits per heavy atom. The minimum Gasteiger partial charge on any atom is -0.338 e. The lowest BCUT2D eigenvalue weighted by atomic mass is 10.2. The average Bonchev–Trinajstić information content (AvgIpc) is 3.17. The van der Waals surface area contributed by atoms with Crippen molar-refractivity contribution < 1.29 is 4.52 Å². The predicted molar refractivity (Wildman–Crippen MR) is 94.0 cm³/mol. The van der Waals surface area contributed by atoms with Crippen molar-refractivity contribution in [3.63, 3.8) is 0 Å². The summed E-state index contributed by atoms with van der Waals surface area (Å²) >= 11 is 7.78. The lowest BCUT2D eigenvalue weighted by Gasteiger charge is -2.07. The molecular formula is C16H18ClN5OS. The molecular weight excluding hydrogens is 346 g/mol. The van der Waals surface area contributed by atoms with Gasteiger partial charge in [0.2, 0.25) is 5.89 Å². The summed E-state index contributed by atoms with van der Waals surface area (Å²) in [4.78, 5) is 4.43. The maximum Gasteiger partial charge on any atom is 0.239 e. The van der Waals surface area contributed by atoms with Crippen LogP contribution >= 0.6 is 23.4 Å². The van der Waals surface area contributed by atoms with Gasteiger partial charge >= 0.3 is 0 Å². The van der Waals surface area contributed by atoms with Crippen LogP contribution in [0, 0.1) is 0 Å². The Labute approximate surface area is 149 Å². The molecule has 0 aliphatic heterocycles. The first-order chi connectivity index (χ1) is 11.6. The van der Waals surface area contributed by atoms with Gasteiger partial charge in [0.25, 0.3) is 0 Å². The standard InChI is InChI=1S/C16H18ClN5OS/c1-4-7-13-18-15(23-21-13)10(2)24-16-20-19-14(22(16)3)11-8-5-6-9-12(11)17/h5-6,8-10H,4,7H2,1-3H3/t10-/m1/s1. The summed E-state index contributed by atoms with van der Waals surface area (Å²) in [5.41, 5.74) is 0.858. The summed E-state index contributed by atoms with van der Waals surface area (Å²) < 4.78 is 7.26. The third kappa shape index (κ3) is 3.47. The summed E-state index contributed by atoms with van der Waals surface area (Å²) in [6.07, 6.45) is 1.81. The number of hydrogen-bond donors (Lipinski definition) is 0. The zero-order chi connectivity index (χ0) is 17.1. The molecule has 126 valence electrons. The molecule has 0 bridgehead atoms. The van der Waals surface area contributed by atoms with E-state index in [1.807, 2.05) is 42.8 Å². The van der Waals surface area contributed by atoms with Gasteiger partial charge in [-0.25, -0.2) is 0 Å². The summed E-state index contributed by atoms with van der Waals surface area (Å²) in [6.45, 7) is 4.10. The van der Waals surface area contributed by atoms with E-state index in [1.165, 1.54) is 11.8 Å². The molecule has 3 rings (SSSR count). The van der Waals surface area contributed by atoms with Crippen molar-refractivity contribution in [2.45, 2.75) is 37.1 Å². The molecule has 6 nitrogen and oxygen atoms in total. The van der Waals surface area contributed by atoms with Crippen molar-refractivity contribution >= 4 is 23.4 Å². The van der Waals surface area contributed by atoms with E-state index >= 15 is 0 Å². The highest BCUT2D eigenvalue weighted by atomic mass is 35.5. The number of thioether (sulfide) groups is 1. The van der Waals surface area contributed by atoms with Crippen molar-refractivity contribution in [2.75, 3.05) is 0 Å². The van der Waals surface area contributed by atoms with E-state index in [0.717, 1.165) is 35.2 Å². The summed E-state index contributed by atoms with van der Waals surface area (Å²) in [7, 11) is 1.92. The fourth-order valence-corrected chi connectivity index (χ4v) is 3.33. The van der Waals surface area contributed by atoms with Gasteiger partial charge in [-0.15, -0.1) is 10.2 Å². The lowest BCUT2D eigenvalue weighted by molar-refractivity contribution is 0.374. The third-order valence-corrected chi connectivity index (χ3v) is 4.99. The van der Waals surface area contributed by atoms with E-state index in [9.17, 15) is 0 Å². The Morgan fingerprint density at radius 2 is 2.08 bits per heavy atom. The molecule has 3 aromatic rings. The minimum absolute atomic E-state index is 0.00917. The quantitative estimate of drug-likeness (QED) is 0.607. The molecule has 2 aromatic heterocycles. The first-order valence-corrected chi connectivity index (χ1v) is 8.99. The van der Waals surface area contributed by atoms with E-state index in [4.69, 9.17) is 16.1 Å². The van der Waals surface area contributed by atoms with E-state index in [0.29, 0.717) is 10.9 Å². The van der Waals surface area contributed by atoms with Gasteiger partial charge in [0, 0.05) is 19.0 Å². The molecule has 8 heteroatoms. The number of aryl methyl sites for hydroxylation is 1. The van der Waals surface area contributed by atoms with Crippen LogP contribution < -0.4 is 0 Å². The van der Waals surface area contributed by atoms with Gasteiger partial charge in [0.15, 0.2) is 16.8 Å². The van der Waals surface area contributed by atoms with Gasteiger partial charge in [-0.1, -0.05) is 47.6 Å². The SMILES string of the molecule is CCCc1noc([C@@H](C)Sc2nnc(-c3ccccc3Cl)n2C)n1. The third-order valence-electron chi connectivity index (χ3n) is 3.54. The molecule has 0 spiro atoms. The molecule has 0 radical (unpaired) electrons. The van der Waals surface area contributed by atoms with E-state index in [-0.39, 0.29) is 5.25 Å². The van der Waals surface area contributed by atoms with Crippen LogP contribution in [0.5, 0.6) is 0 Å². The van der Waals surface area contributed by atoms with Crippen LogP contribution in [0.2, 0.25) is 5.02 Å². The van der Waals surface area contributed by atoms with Gasteiger partial charge in [-0.3, -0.25) is 0 Å². The summed E-state index contributed by atoms with van der Waals surface area (Å²) in [5, 5.41) is 13.9. The highest BCUT2D eigenvalue weighted by molar-refractivity contribution is 7.99. The molecule has 1 aromatic carbocycles. The van der Waals surface area contributed by atoms with Crippen molar-refractivity contribution in [3.05, 3.63) is 41.0 Å². The van der Waals surface area contributed by atoms with Crippen LogP contribution in [0.3, 0.4) is 0 Å². The van der Waals surface area contributed by atoms with Gasteiger partial charge in [-0.05, 0) is 25.5 Å². The maximum absolute atomic E-state index is 6.25. The molecule has 0 unspecified atom stereocenters. The van der Waals surface area contributed by atoms with Gasteiger partial charge in [0.05, 0.1) is 10.3 Å². The van der Waals surface area contributed by atoms with Crippen molar-refractivity contribution in [3.8, 4) is 11.4 Å². The smallest absolute Gasteiger partial charge is 0.239 e. The topological polar surface area (TPSA) is 69.6 Å². The normalized spacial score (nSPS) is 12.5. The van der Waals surface area contributed by atoms with Crippen LogP contribution in [0.1, 0.15) is 37.2 Å². The number of hydrogen-bond acceptors (Lipinski definition) is 6. The summed E-state index contributed by atoms with van der Waals surface area (Å²) in [5.74, 6) is 2.08. The zero-order valence-corrected chi connectivity index (χ0v) is 15.3.